The maximum atomic E-state index is 12.0. The molecule has 1 fully saturated rings. The van der Waals surface area contributed by atoms with Gasteiger partial charge in [-0.25, -0.2) is 0 Å². The Morgan fingerprint density at radius 1 is 1.21 bits per heavy atom. The largest absolute Gasteiger partial charge is 0.356 e. The number of carbonyl (C=O) groups is 1. The molecule has 6 nitrogen and oxygen atoms in total. The average Bonchev–Trinajstić information content (AvgIpc) is 3.34. The van der Waals surface area contributed by atoms with Gasteiger partial charge in [-0.05, 0) is 65.5 Å². The number of anilines is 1. The summed E-state index contributed by atoms with van der Waals surface area (Å²) in [4.78, 5) is 24.0. The summed E-state index contributed by atoms with van der Waals surface area (Å²) in [5, 5.41) is 3.52. The zero-order chi connectivity index (χ0) is 23.1. The van der Waals surface area contributed by atoms with Crippen molar-refractivity contribution in [3.05, 3.63) is 29.8 Å². The van der Waals surface area contributed by atoms with Crippen molar-refractivity contribution >= 4 is 41.5 Å². The van der Waals surface area contributed by atoms with Gasteiger partial charge in [-0.15, -0.1) is 24.0 Å². The molecular weight excluding hydrogens is 525 g/mol. The molecule has 186 valence electrons. The topological polar surface area (TPSA) is 51.2 Å². The van der Waals surface area contributed by atoms with Crippen molar-refractivity contribution in [3.63, 3.8) is 0 Å². The SMILES string of the molecule is CCNC(=NCCCN(C(C)C)C(C)C)N1CC(CCN2CCCC2=O)c2ccccc21.I. The Morgan fingerprint density at radius 2 is 1.94 bits per heavy atom. The third-order valence-electron chi connectivity index (χ3n) is 6.74. The van der Waals surface area contributed by atoms with Crippen molar-refractivity contribution in [2.45, 2.75) is 78.3 Å². The molecule has 0 radical (unpaired) electrons. The van der Waals surface area contributed by atoms with Gasteiger partial charge in [0, 0.05) is 69.4 Å². The molecule has 33 heavy (non-hydrogen) atoms. The minimum absolute atomic E-state index is 0. The summed E-state index contributed by atoms with van der Waals surface area (Å²) >= 11 is 0. The molecule has 0 aromatic heterocycles. The molecule has 0 aliphatic carbocycles. The van der Waals surface area contributed by atoms with Crippen LogP contribution in [0.2, 0.25) is 0 Å². The first-order valence-corrected chi connectivity index (χ1v) is 12.6. The van der Waals surface area contributed by atoms with Crippen molar-refractivity contribution in [2.24, 2.45) is 4.99 Å². The molecule has 1 aromatic carbocycles. The molecule has 1 N–H and O–H groups in total. The fourth-order valence-corrected chi connectivity index (χ4v) is 5.14. The number of halogens is 1. The highest BCUT2D eigenvalue weighted by molar-refractivity contribution is 14.0. The fourth-order valence-electron chi connectivity index (χ4n) is 5.14. The lowest BCUT2D eigenvalue weighted by atomic mass is 9.98. The zero-order valence-electron chi connectivity index (χ0n) is 21.2. The van der Waals surface area contributed by atoms with E-state index < -0.39 is 0 Å². The van der Waals surface area contributed by atoms with Gasteiger partial charge in [0.2, 0.25) is 5.91 Å². The third-order valence-corrected chi connectivity index (χ3v) is 6.74. The lowest BCUT2D eigenvalue weighted by Gasteiger charge is -2.30. The van der Waals surface area contributed by atoms with Crippen LogP contribution in [0, 0.1) is 0 Å². The Morgan fingerprint density at radius 3 is 2.58 bits per heavy atom. The lowest BCUT2D eigenvalue weighted by molar-refractivity contribution is -0.127. The van der Waals surface area contributed by atoms with Gasteiger partial charge in [-0.3, -0.25) is 14.7 Å². The number of rotatable bonds is 10. The maximum Gasteiger partial charge on any atom is 0.222 e. The molecule has 0 bridgehead atoms. The number of guanidine groups is 1. The quantitative estimate of drug-likeness (QED) is 0.192. The van der Waals surface area contributed by atoms with E-state index in [-0.39, 0.29) is 24.0 Å². The molecule has 1 atom stereocenters. The standard InChI is InChI=1S/C26H43N5O.HI/c1-6-27-26(28-15-10-17-30(20(2)3)21(4)5)31-19-22(23-11-7-8-12-24(23)31)14-18-29-16-9-13-25(29)32;/h7-8,11-12,20-22H,6,9-10,13-19H2,1-5H3,(H,27,28);1H. The van der Waals surface area contributed by atoms with Crippen LogP contribution in [0.25, 0.3) is 0 Å². The fraction of sp³-hybridized carbons (Fsp3) is 0.692. The molecule has 2 heterocycles. The van der Waals surface area contributed by atoms with Gasteiger partial charge in [0.25, 0.3) is 0 Å². The van der Waals surface area contributed by atoms with Gasteiger partial charge < -0.3 is 15.1 Å². The summed E-state index contributed by atoms with van der Waals surface area (Å²) in [6, 6.07) is 9.82. The number of aliphatic imine (C=N–C) groups is 1. The average molecular weight is 570 g/mol. The van der Waals surface area contributed by atoms with E-state index in [1.807, 2.05) is 4.90 Å². The number of carbonyl (C=O) groups excluding carboxylic acids is 1. The van der Waals surface area contributed by atoms with Crippen molar-refractivity contribution in [2.75, 3.05) is 44.2 Å². The van der Waals surface area contributed by atoms with Crippen molar-refractivity contribution < 1.29 is 4.79 Å². The second kappa shape index (κ2) is 13.5. The van der Waals surface area contributed by atoms with Gasteiger partial charge >= 0.3 is 0 Å². The van der Waals surface area contributed by atoms with E-state index in [4.69, 9.17) is 4.99 Å². The highest BCUT2D eigenvalue weighted by Gasteiger charge is 2.32. The molecule has 1 saturated heterocycles. The number of hydrogen-bond donors (Lipinski definition) is 1. The molecule has 1 aromatic rings. The van der Waals surface area contributed by atoms with E-state index in [0.717, 1.165) is 70.9 Å². The number of hydrogen-bond acceptors (Lipinski definition) is 3. The van der Waals surface area contributed by atoms with Crippen LogP contribution in [0.3, 0.4) is 0 Å². The van der Waals surface area contributed by atoms with E-state index in [1.165, 1.54) is 11.3 Å². The maximum absolute atomic E-state index is 12.0. The summed E-state index contributed by atoms with van der Waals surface area (Å²) in [7, 11) is 0. The molecule has 1 unspecified atom stereocenters. The number of likely N-dealkylation sites (tertiary alicyclic amines) is 1. The molecule has 0 spiro atoms. The number of fused-ring (bicyclic) bond motifs is 1. The van der Waals surface area contributed by atoms with E-state index in [2.05, 4.69) is 74.0 Å². The number of nitrogens with one attached hydrogen (secondary N) is 1. The van der Waals surface area contributed by atoms with Crippen LogP contribution in [-0.4, -0.2) is 73.0 Å². The highest BCUT2D eigenvalue weighted by atomic mass is 127. The van der Waals surface area contributed by atoms with E-state index in [1.54, 1.807) is 0 Å². The van der Waals surface area contributed by atoms with Crippen molar-refractivity contribution in [1.29, 1.82) is 0 Å². The second-order valence-corrected chi connectivity index (χ2v) is 9.65. The summed E-state index contributed by atoms with van der Waals surface area (Å²) in [5.41, 5.74) is 2.64. The van der Waals surface area contributed by atoms with Gasteiger partial charge in [0.1, 0.15) is 0 Å². The number of nitrogens with zero attached hydrogens (tertiary/aromatic N) is 4. The molecule has 3 rings (SSSR count). The summed E-state index contributed by atoms with van der Waals surface area (Å²) in [5.74, 6) is 1.74. The van der Waals surface area contributed by atoms with Crippen LogP contribution >= 0.6 is 24.0 Å². The number of amides is 1. The smallest absolute Gasteiger partial charge is 0.222 e. The molecule has 7 heteroatoms. The van der Waals surface area contributed by atoms with E-state index in [9.17, 15) is 4.79 Å². The first kappa shape index (κ1) is 27.9. The predicted octanol–water partition coefficient (Wildman–Crippen LogP) is 4.70. The number of para-hydroxylation sites is 1. The molecule has 2 aliphatic rings. The first-order chi connectivity index (χ1) is 15.4. The Balaban J connectivity index is 0.00000385. The second-order valence-electron chi connectivity index (χ2n) is 9.65. The minimum Gasteiger partial charge on any atom is -0.356 e. The molecule has 1 amide bonds. The van der Waals surface area contributed by atoms with Crippen LogP contribution < -0.4 is 10.2 Å². The van der Waals surface area contributed by atoms with Gasteiger partial charge in [-0.2, -0.15) is 0 Å². The number of benzene rings is 1. The monoisotopic (exact) mass is 569 g/mol. The Bertz CT molecular complexity index is 774. The van der Waals surface area contributed by atoms with Crippen LogP contribution in [0.1, 0.15) is 71.8 Å². The predicted molar refractivity (Wildman–Crippen MR) is 150 cm³/mol. The van der Waals surface area contributed by atoms with Crippen LogP contribution in [-0.2, 0) is 4.79 Å². The van der Waals surface area contributed by atoms with Crippen LogP contribution in [0.4, 0.5) is 5.69 Å². The zero-order valence-corrected chi connectivity index (χ0v) is 23.5. The summed E-state index contributed by atoms with van der Waals surface area (Å²) in [6.07, 6.45) is 3.79. The molecular formula is C26H44IN5O. The highest BCUT2D eigenvalue weighted by Crippen LogP contribution is 2.38. The van der Waals surface area contributed by atoms with E-state index in [0.29, 0.717) is 23.9 Å². The lowest BCUT2D eigenvalue weighted by Crippen LogP contribution is -2.41. The van der Waals surface area contributed by atoms with Gasteiger partial charge in [0.05, 0.1) is 0 Å². The Labute approximate surface area is 218 Å². The first-order valence-electron chi connectivity index (χ1n) is 12.6. The third kappa shape index (κ3) is 7.31. The van der Waals surface area contributed by atoms with Crippen molar-refractivity contribution in [3.8, 4) is 0 Å². The summed E-state index contributed by atoms with van der Waals surface area (Å²) < 4.78 is 0. The van der Waals surface area contributed by atoms with E-state index >= 15 is 0 Å². The van der Waals surface area contributed by atoms with Gasteiger partial charge in [-0.1, -0.05) is 18.2 Å². The Kier molecular flexibility index (Phi) is 11.4. The normalized spacial score (nSPS) is 18.5. The van der Waals surface area contributed by atoms with Crippen LogP contribution in [0.5, 0.6) is 0 Å². The minimum atomic E-state index is 0. The van der Waals surface area contributed by atoms with Gasteiger partial charge in [0.15, 0.2) is 5.96 Å². The molecule has 2 aliphatic heterocycles. The summed E-state index contributed by atoms with van der Waals surface area (Å²) in [6.45, 7) is 16.7. The molecule has 0 saturated carbocycles. The Hall–Kier alpha value is -1.35. The van der Waals surface area contributed by atoms with Crippen LogP contribution in [0.15, 0.2) is 29.3 Å². The van der Waals surface area contributed by atoms with Crippen molar-refractivity contribution in [1.82, 2.24) is 15.1 Å².